The van der Waals surface area contributed by atoms with Gasteiger partial charge in [0.1, 0.15) is 5.82 Å². The molecule has 2 rings (SSSR count). The minimum Gasteiger partial charge on any atom is -0.281 e. The number of aromatic nitrogens is 2. The molecule has 0 radical (unpaired) electrons. The molecule has 2 aromatic rings. The van der Waals surface area contributed by atoms with Crippen LogP contribution in [0, 0.1) is 19.3 Å². The number of rotatable bonds is 2. The maximum Gasteiger partial charge on any atom is 0.433 e. The van der Waals surface area contributed by atoms with E-state index in [9.17, 15) is 18.0 Å². The van der Waals surface area contributed by atoms with Gasteiger partial charge in [-0.3, -0.25) is 9.36 Å². The standard InChI is InChI=1S/C15H11F3N2O/c1-3-9-20-13(11-7-5-4-6-8-11)19-12(15(16,17)18)10(2)14(20)21/h1,4-8H,9H2,2H3. The van der Waals surface area contributed by atoms with E-state index in [4.69, 9.17) is 6.42 Å². The maximum atomic E-state index is 13.0. The van der Waals surface area contributed by atoms with Crippen LogP contribution in [0.15, 0.2) is 35.1 Å². The van der Waals surface area contributed by atoms with Crippen LogP contribution in [0.4, 0.5) is 13.2 Å². The second-order valence-electron chi connectivity index (χ2n) is 4.37. The fourth-order valence-corrected chi connectivity index (χ4v) is 1.97. The van der Waals surface area contributed by atoms with Gasteiger partial charge in [0.2, 0.25) is 0 Å². The van der Waals surface area contributed by atoms with Gasteiger partial charge in [-0.05, 0) is 6.92 Å². The Morgan fingerprint density at radius 3 is 2.43 bits per heavy atom. The Morgan fingerprint density at radius 2 is 1.90 bits per heavy atom. The molecule has 0 aliphatic rings. The van der Waals surface area contributed by atoms with E-state index >= 15 is 0 Å². The first-order chi connectivity index (χ1) is 9.86. The summed E-state index contributed by atoms with van der Waals surface area (Å²) in [5.41, 5.74) is -2.03. The SMILES string of the molecule is C#CCn1c(-c2ccccc2)nc(C(F)(F)F)c(C)c1=O. The molecule has 0 N–H and O–H groups in total. The largest absolute Gasteiger partial charge is 0.433 e. The number of halogens is 3. The zero-order valence-corrected chi connectivity index (χ0v) is 11.1. The van der Waals surface area contributed by atoms with Crippen LogP contribution in [0.1, 0.15) is 11.3 Å². The third-order valence-electron chi connectivity index (χ3n) is 2.94. The van der Waals surface area contributed by atoms with Crippen molar-refractivity contribution in [1.29, 1.82) is 0 Å². The summed E-state index contributed by atoms with van der Waals surface area (Å²) in [6.07, 6.45) is 0.498. The van der Waals surface area contributed by atoms with E-state index in [1.807, 2.05) is 0 Å². The van der Waals surface area contributed by atoms with E-state index in [1.165, 1.54) is 0 Å². The summed E-state index contributed by atoms with van der Waals surface area (Å²) in [4.78, 5) is 15.8. The van der Waals surface area contributed by atoms with Gasteiger partial charge in [-0.25, -0.2) is 4.98 Å². The molecule has 1 heterocycles. The molecule has 0 spiro atoms. The quantitative estimate of drug-likeness (QED) is 0.798. The molecular formula is C15H11F3N2O. The molecule has 3 nitrogen and oxygen atoms in total. The van der Waals surface area contributed by atoms with Crippen LogP contribution in [-0.2, 0) is 12.7 Å². The number of alkyl halides is 3. The summed E-state index contributed by atoms with van der Waals surface area (Å²) in [5.74, 6) is 2.18. The molecule has 0 bridgehead atoms. The number of hydrogen-bond donors (Lipinski definition) is 0. The van der Waals surface area contributed by atoms with Gasteiger partial charge in [0.15, 0.2) is 5.69 Å². The average molecular weight is 292 g/mol. The molecule has 0 atom stereocenters. The van der Waals surface area contributed by atoms with Crippen molar-refractivity contribution in [2.75, 3.05) is 0 Å². The number of benzene rings is 1. The van der Waals surface area contributed by atoms with Crippen molar-refractivity contribution in [3.05, 3.63) is 51.9 Å². The number of nitrogens with zero attached hydrogens (tertiary/aromatic N) is 2. The van der Waals surface area contributed by atoms with Crippen LogP contribution >= 0.6 is 0 Å². The summed E-state index contributed by atoms with van der Waals surface area (Å²) < 4.78 is 40.0. The minimum absolute atomic E-state index is 0.0866. The highest BCUT2D eigenvalue weighted by molar-refractivity contribution is 5.56. The Bertz CT molecular complexity index is 755. The summed E-state index contributed by atoms with van der Waals surface area (Å²) in [5, 5.41) is 0. The van der Waals surface area contributed by atoms with E-state index in [1.54, 1.807) is 30.3 Å². The highest BCUT2D eigenvalue weighted by Crippen LogP contribution is 2.30. The van der Waals surface area contributed by atoms with Gasteiger partial charge in [0, 0.05) is 11.1 Å². The van der Waals surface area contributed by atoms with E-state index in [2.05, 4.69) is 10.9 Å². The smallest absolute Gasteiger partial charge is 0.281 e. The lowest BCUT2D eigenvalue weighted by Gasteiger charge is -2.15. The van der Waals surface area contributed by atoms with E-state index in [0.717, 1.165) is 11.5 Å². The second kappa shape index (κ2) is 5.44. The molecule has 6 heteroatoms. The van der Waals surface area contributed by atoms with Gasteiger partial charge >= 0.3 is 6.18 Å². The number of hydrogen-bond acceptors (Lipinski definition) is 2. The first kappa shape index (κ1) is 14.9. The summed E-state index contributed by atoms with van der Waals surface area (Å²) in [6, 6.07) is 8.16. The van der Waals surface area contributed by atoms with Crippen molar-refractivity contribution >= 4 is 0 Å². The van der Waals surface area contributed by atoms with Crippen LogP contribution in [0.2, 0.25) is 0 Å². The first-order valence-corrected chi connectivity index (χ1v) is 6.03. The molecule has 0 saturated carbocycles. The Morgan fingerprint density at radius 1 is 1.29 bits per heavy atom. The molecule has 0 saturated heterocycles. The van der Waals surface area contributed by atoms with Crippen molar-refractivity contribution in [1.82, 2.24) is 9.55 Å². The lowest BCUT2D eigenvalue weighted by molar-refractivity contribution is -0.141. The van der Waals surface area contributed by atoms with Crippen molar-refractivity contribution in [2.45, 2.75) is 19.6 Å². The van der Waals surface area contributed by atoms with Gasteiger partial charge in [0.25, 0.3) is 5.56 Å². The van der Waals surface area contributed by atoms with Gasteiger partial charge < -0.3 is 0 Å². The molecule has 0 aliphatic heterocycles. The zero-order valence-electron chi connectivity index (χ0n) is 11.1. The third kappa shape index (κ3) is 2.82. The van der Waals surface area contributed by atoms with Crippen LogP contribution in [0.25, 0.3) is 11.4 Å². The topological polar surface area (TPSA) is 34.9 Å². The lowest BCUT2D eigenvalue weighted by Crippen LogP contribution is -2.29. The Balaban J connectivity index is 2.82. The molecular weight excluding hydrogens is 281 g/mol. The van der Waals surface area contributed by atoms with Crippen molar-refractivity contribution in [2.24, 2.45) is 0 Å². The van der Waals surface area contributed by atoms with Crippen molar-refractivity contribution in [3.8, 4) is 23.7 Å². The second-order valence-corrected chi connectivity index (χ2v) is 4.37. The normalized spacial score (nSPS) is 11.2. The monoisotopic (exact) mass is 292 g/mol. The Labute approximate surface area is 119 Å². The molecule has 108 valence electrons. The fraction of sp³-hybridized carbons (Fsp3) is 0.200. The van der Waals surface area contributed by atoms with E-state index in [0.29, 0.717) is 5.56 Å². The van der Waals surface area contributed by atoms with Gasteiger partial charge in [-0.15, -0.1) is 6.42 Å². The molecule has 1 aromatic carbocycles. The van der Waals surface area contributed by atoms with Gasteiger partial charge in [-0.1, -0.05) is 36.3 Å². The molecule has 0 amide bonds. The predicted molar refractivity (Wildman–Crippen MR) is 72.5 cm³/mol. The molecule has 0 unspecified atom stereocenters. The lowest BCUT2D eigenvalue weighted by atomic mass is 10.1. The van der Waals surface area contributed by atoms with Crippen molar-refractivity contribution < 1.29 is 13.2 Å². The fourth-order valence-electron chi connectivity index (χ4n) is 1.97. The first-order valence-electron chi connectivity index (χ1n) is 6.03. The Hall–Kier alpha value is -2.55. The van der Waals surface area contributed by atoms with Crippen LogP contribution in [0.3, 0.4) is 0 Å². The molecule has 21 heavy (non-hydrogen) atoms. The minimum atomic E-state index is -4.69. The summed E-state index contributed by atoms with van der Waals surface area (Å²) >= 11 is 0. The maximum absolute atomic E-state index is 13.0. The zero-order chi connectivity index (χ0) is 15.6. The highest BCUT2D eigenvalue weighted by atomic mass is 19.4. The van der Waals surface area contributed by atoms with E-state index < -0.39 is 23.0 Å². The van der Waals surface area contributed by atoms with Crippen LogP contribution < -0.4 is 5.56 Å². The van der Waals surface area contributed by atoms with Crippen molar-refractivity contribution in [3.63, 3.8) is 0 Å². The van der Waals surface area contributed by atoms with Gasteiger partial charge in [0.05, 0.1) is 6.54 Å². The Kier molecular flexibility index (Phi) is 3.85. The molecule has 0 fully saturated rings. The number of terminal acetylenes is 1. The van der Waals surface area contributed by atoms with E-state index in [-0.39, 0.29) is 12.4 Å². The summed E-state index contributed by atoms with van der Waals surface area (Å²) in [7, 11) is 0. The summed E-state index contributed by atoms with van der Waals surface area (Å²) in [6.45, 7) is 0.953. The van der Waals surface area contributed by atoms with Crippen LogP contribution in [0.5, 0.6) is 0 Å². The molecule has 0 aliphatic carbocycles. The average Bonchev–Trinajstić information content (AvgIpc) is 2.44. The third-order valence-corrected chi connectivity index (χ3v) is 2.94. The molecule has 1 aromatic heterocycles. The van der Waals surface area contributed by atoms with Gasteiger partial charge in [-0.2, -0.15) is 13.2 Å². The predicted octanol–water partition coefficient (Wildman–Crippen LogP) is 2.87. The van der Waals surface area contributed by atoms with Crippen LogP contribution in [-0.4, -0.2) is 9.55 Å². The highest BCUT2D eigenvalue weighted by Gasteiger charge is 2.36.